The van der Waals surface area contributed by atoms with E-state index in [9.17, 15) is 5.11 Å². The minimum atomic E-state index is 0.257. The quantitative estimate of drug-likeness (QED) is 0.609. The van der Waals surface area contributed by atoms with Crippen molar-refractivity contribution in [3.8, 4) is 0 Å². The summed E-state index contributed by atoms with van der Waals surface area (Å²) in [5.74, 6) is 0. The van der Waals surface area contributed by atoms with Gasteiger partial charge >= 0.3 is 0 Å². The molecule has 1 fully saturated rings. The molecule has 14 heavy (non-hydrogen) atoms. The van der Waals surface area contributed by atoms with Gasteiger partial charge in [-0.15, -0.1) is 0 Å². The van der Waals surface area contributed by atoms with Crippen LogP contribution in [-0.4, -0.2) is 48.8 Å². The number of rotatable bonds is 8. The van der Waals surface area contributed by atoms with E-state index in [0.717, 1.165) is 13.1 Å². The lowest BCUT2D eigenvalue weighted by molar-refractivity contribution is 0.196. The SMILES string of the molecule is CCCCN(C)CC(CO)NC1CC1. The van der Waals surface area contributed by atoms with Gasteiger partial charge in [0.1, 0.15) is 0 Å². The first kappa shape index (κ1) is 12.0. The van der Waals surface area contributed by atoms with Crippen LogP contribution in [0.25, 0.3) is 0 Å². The molecule has 1 unspecified atom stereocenters. The van der Waals surface area contributed by atoms with Crippen molar-refractivity contribution in [2.45, 2.75) is 44.7 Å². The van der Waals surface area contributed by atoms with E-state index in [1.807, 2.05) is 0 Å². The van der Waals surface area contributed by atoms with Crippen LogP contribution in [0.15, 0.2) is 0 Å². The van der Waals surface area contributed by atoms with Gasteiger partial charge < -0.3 is 15.3 Å². The first-order chi connectivity index (χ1) is 6.76. The molecule has 1 atom stereocenters. The Morgan fingerprint density at radius 3 is 2.71 bits per heavy atom. The number of hydrogen-bond acceptors (Lipinski definition) is 3. The lowest BCUT2D eigenvalue weighted by Crippen LogP contribution is -2.43. The third kappa shape index (κ3) is 4.94. The largest absolute Gasteiger partial charge is 0.395 e. The Hall–Kier alpha value is -0.120. The molecule has 0 bridgehead atoms. The van der Waals surface area contributed by atoms with Gasteiger partial charge in [0, 0.05) is 18.6 Å². The molecule has 0 heterocycles. The van der Waals surface area contributed by atoms with Gasteiger partial charge in [-0.25, -0.2) is 0 Å². The molecular formula is C11H24N2O. The zero-order valence-corrected chi connectivity index (χ0v) is 9.50. The van der Waals surface area contributed by atoms with Gasteiger partial charge in [-0.1, -0.05) is 13.3 Å². The summed E-state index contributed by atoms with van der Waals surface area (Å²) in [6, 6.07) is 0.955. The molecule has 0 aliphatic heterocycles. The second-order valence-corrected chi connectivity index (χ2v) is 4.44. The molecule has 0 aromatic carbocycles. The van der Waals surface area contributed by atoms with Gasteiger partial charge in [-0.3, -0.25) is 0 Å². The van der Waals surface area contributed by atoms with Crippen LogP contribution in [-0.2, 0) is 0 Å². The second-order valence-electron chi connectivity index (χ2n) is 4.44. The maximum atomic E-state index is 9.19. The molecule has 0 radical (unpaired) electrons. The highest BCUT2D eigenvalue weighted by Gasteiger charge is 2.24. The van der Waals surface area contributed by atoms with Gasteiger partial charge in [0.2, 0.25) is 0 Å². The van der Waals surface area contributed by atoms with Gasteiger partial charge in [-0.2, -0.15) is 0 Å². The van der Waals surface area contributed by atoms with Crippen LogP contribution in [0.1, 0.15) is 32.6 Å². The van der Waals surface area contributed by atoms with E-state index in [-0.39, 0.29) is 12.6 Å². The average molecular weight is 200 g/mol. The molecule has 0 aromatic rings. The van der Waals surface area contributed by atoms with Gasteiger partial charge in [0.25, 0.3) is 0 Å². The highest BCUT2D eigenvalue weighted by molar-refractivity contribution is 4.85. The number of likely N-dealkylation sites (N-methyl/N-ethyl adjacent to an activating group) is 1. The Morgan fingerprint density at radius 2 is 2.21 bits per heavy atom. The van der Waals surface area contributed by atoms with E-state index in [4.69, 9.17) is 0 Å². The predicted molar refractivity (Wildman–Crippen MR) is 59.4 cm³/mol. The topological polar surface area (TPSA) is 35.5 Å². The van der Waals surface area contributed by atoms with E-state index < -0.39 is 0 Å². The van der Waals surface area contributed by atoms with Crippen molar-refractivity contribution in [1.29, 1.82) is 0 Å². The highest BCUT2D eigenvalue weighted by atomic mass is 16.3. The van der Waals surface area contributed by atoms with Crippen LogP contribution in [0.3, 0.4) is 0 Å². The number of aliphatic hydroxyl groups is 1. The zero-order valence-electron chi connectivity index (χ0n) is 9.50. The van der Waals surface area contributed by atoms with Crippen molar-refractivity contribution in [2.75, 3.05) is 26.7 Å². The van der Waals surface area contributed by atoms with E-state index in [1.165, 1.54) is 25.7 Å². The summed E-state index contributed by atoms with van der Waals surface area (Å²) >= 11 is 0. The summed E-state index contributed by atoms with van der Waals surface area (Å²) in [7, 11) is 2.13. The van der Waals surface area contributed by atoms with Crippen LogP contribution in [0.2, 0.25) is 0 Å². The Kier molecular flexibility index (Phi) is 5.45. The van der Waals surface area contributed by atoms with Gasteiger partial charge in [0.15, 0.2) is 0 Å². The molecule has 1 saturated carbocycles. The number of nitrogens with zero attached hydrogens (tertiary/aromatic N) is 1. The standard InChI is InChI=1S/C11H24N2O/c1-3-4-7-13(2)8-11(9-14)12-10-5-6-10/h10-12,14H,3-9H2,1-2H3. The first-order valence-corrected chi connectivity index (χ1v) is 5.81. The van der Waals surface area contributed by atoms with Crippen LogP contribution in [0.4, 0.5) is 0 Å². The van der Waals surface area contributed by atoms with E-state index >= 15 is 0 Å². The van der Waals surface area contributed by atoms with Crippen LogP contribution < -0.4 is 5.32 Å². The molecule has 3 heteroatoms. The lowest BCUT2D eigenvalue weighted by Gasteiger charge is -2.23. The molecule has 0 amide bonds. The fraction of sp³-hybridized carbons (Fsp3) is 1.00. The maximum absolute atomic E-state index is 9.19. The van der Waals surface area contributed by atoms with Crippen LogP contribution in [0.5, 0.6) is 0 Å². The lowest BCUT2D eigenvalue weighted by atomic mass is 10.2. The predicted octanol–water partition coefficient (Wildman–Crippen LogP) is 0.831. The van der Waals surface area contributed by atoms with Crippen molar-refractivity contribution >= 4 is 0 Å². The van der Waals surface area contributed by atoms with Crippen molar-refractivity contribution in [2.24, 2.45) is 0 Å². The molecular weight excluding hydrogens is 176 g/mol. The Labute approximate surface area is 87.5 Å². The number of aliphatic hydroxyl groups excluding tert-OH is 1. The fourth-order valence-corrected chi connectivity index (χ4v) is 1.64. The molecule has 84 valence electrons. The molecule has 1 aliphatic rings. The number of unbranched alkanes of at least 4 members (excludes halogenated alkanes) is 1. The summed E-state index contributed by atoms with van der Waals surface area (Å²) in [5, 5.41) is 12.6. The van der Waals surface area contributed by atoms with Gasteiger partial charge in [-0.05, 0) is 32.9 Å². The maximum Gasteiger partial charge on any atom is 0.0597 e. The summed E-state index contributed by atoms with van der Waals surface area (Å²) < 4.78 is 0. The van der Waals surface area contributed by atoms with Crippen molar-refractivity contribution in [1.82, 2.24) is 10.2 Å². The average Bonchev–Trinajstić information content (AvgIpc) is 2.97. The monoisotopic (exact) mass is 200 g/mol. The molecule has 0 aromatic heterocycles. The Bertz CT molecular complexity index is 148. The molecule has 1 rings (SSSR count). The minimum absolute atomic E-state index is 0.257. The molecule has 1 aliphatic carbocycles. The second kappa shape index (κ2) is 6.38. The number of nitrogens with one attached hydrogen (secondary N) is 1. The highest BCUT2D eigenvalue weighted by Crippen LogP contribution is 2.19. The van der Waals surface area contributed by atoms with Crippen LogP contribution in [0, 0.1) is 0 Å². The molecule has 0 spiro atoms. The van der Waals surface area contributed by atoms with Crippen molar-refractivity contribution in [3.63, 3.8) is 0 Å². The normalized spacial score (nSPS) is 18.9. The zero-order chi connectivity index (χ0) is 10.4. The summed E-state index contributed by atoms with van der Waals surface area (Å²) in [4.78, 5) is 2.31. The number of hydrogen-bond donors (Lipinski definition) is 2. The Balaban J connectivity index is 2.10. The fourth-order valence-electron chi connectivity index (χ4n) is 1.64. The van der Waals surface area contributed by atoms with Crippen molar-refractivity contribution in [3.05, 3.63) is 0 Å². The molecule has 2 N–H and O–H groups in total. The first-order valence-electron chi connectivity index (χ1n) is 5.81. The summed E-state index contributed by atoms with van der Waals surface area (Å²) in [6.07, 6.45) is 5.06. The summed E-state index contributed by atoms with van der Waals surface area (Å²) in [5.41, 5.74) is 0. The van der Waals surface area contributed by atoms with Crippen LogP contribution >= 0.6 is 0 Å². The third-order valence-corrected chi connectivity index (χ3v) is 2.69. The van der Waals surface area contributed by atoms with E-state index in [1.54, 1.807) is 0 Å². The van der Waals surface area contributed by atoms with E-state index in [2.05, 4.69) is 24.2 Å². The molecule has 3 nitrogen and oxygen atoms in total. The van der Waals surface area contributed by atoms with E-state index in [0.29, 0.717) is 6.04 Å². The van der Waals surface area contributed by atoms with Crippen molar-refractivity contribution < 1.29 is 5.11 Å². The molecule has 0 saturated heterocycles. The third-order valence-electron chi connectivity index (χ3n) is 2.69. The minimum Gasteiger partial charge on any atom is -0.395 e. The smallest absolute Gasteiger partial charge is 0.0597 e. The van der Waals surface area contributed by atoms with Gasteiger partial charge in [0.05, 0.1) is 6.61 Å². The summed E-state index contributed by atoms with van der Waals surface area (Å²) in [6.45, 7) is 4.57. The Morgan fingerprint density at radius 1 is 1.50 bits per heavy atom.